The van der Waals surface area contributed by atoms with Crippen LogP contribution in [0.1, 0.15) is 11.1 Å². The fraction of sp³-hybridized carbons (Fsp3) is 0.125. The van der Waals surface area contributed by atoms with Crippen LogP contribution in [0.5, 0.6) is 11.5 Å². The molecule has 4 rings (SSSR count). The molecule has 1 aliphatic heterocycles. The van der Waals surface area contributed by atoms with Crippen molar-refractivity contribution in [3.8, 4) is 28.8 Å². The number of nitriles is 1. The van der Waals surface area contributed by atoms with Crippen LogP contribution >= 0.6 is 11.3 Å². The number of benzene rings is 1. The summed E-state index contributed by atoms with van der Waals surface area (Å²) in [6, 6.07) is 8.04. The molecule has 3 aromatic rings. The largest absolute Gasteiger partial charge is 0.454 e. The number of pyridine rings is 1. The fourth-order valence-electron chi connectivity index (χ4n) is 2.56. The monoisotopic (exact) mass is 294 g/mol. The van der Waals surface area contributed by atoms with Gasteiger partial charge in [0.2, 0.25) is 6.79 Å². The number of aromatic nitrogens is 1. The molecule has 0 saturated heterocycles. The van der Waals surface area contributed by atoms with Crippen LogP contribution < -0.4 is 9.47 Å². The van der Waals surface area contributed by atoms with E-state index < -0.39 is 0 Å². The van der Waals surface area contributed by atoms with Crippen molar-refractivity contribution < 1.29 is 9.47 Å². The zero-order valence-corrected chi connectivity index (χ0v) is 12.0. The molecule has 0 amide bonds. The third-order valence-corrected chi connectivity index (χ3v) is 4.33. The van der Waals surface area contributed by atoms with Gasteiger partial charge in [-0.1, -0.05) is 0 Å². The molecule has 2 aromatic heterocycles. The predicted octanol–water partition coefficient (Wildman–Crippen LogP) is 3.87. The van der Waals surface area contributed by atoms with Crippen LogP contribution in [0.2, 0.25) is 0 Å². The highest BCUT2D eigenvalue weighted by molar-refractivity contribution is 7.08. The van der Waals surface area contributed by atoms with E-state index >= 15 is 0 Å². The molecule has 0 fully saturated rings. The molecule has 3 heterocycles. The molecule has 102 valence electrons. The van der Waals surface area contributed by atoms with Crippen molar-refractivity contribution in [2.75, 3.05) is 6.79 Å². The minimum Gasteiger partial charge on any atom is -0.454 e. The van der Waals surface area contributed by atoms with E-state index in [1.54, 1.807) is 11.3 Å². The zero-order chi connectivity index (χ0) is 14.4. The summed E-state index contributed by atoms with van der Waals surface area (Å²) >= 11 is 1.59. The second kappa shape index (κ2) is 4.47. The average molecular weight is 294 g/mol. The summed E-state index contributed by atoms with van der Waals surface area (Å²) in [5, 5.41) is 14.4. The standard InChI is InChI=1S/C16H10N2O2S/c1-9-11-4-14-15(20-8-19-14)5-13(11)18-16(12(9)6-17)10-2-3-21-7-10/h2-5,7H,8H2,1H3. The minimum absolute atomic E-state index is 0.229. The van der Waals surface area contributed by atoms with Gasteiger partial charge in [0.25, 0.3) is 0 Å². The second-order valence-corrected chi connectivity index (χ2v) is 5.59. The van der Waals surface area contributed by atoms with Crippen molar-refractivity contribution in [3.63, 3.8) is 0 Å². The van der Waals surface area contributed by atoms with Gasteiger partial charge in [0, 0.05) is 22.4 Å². The van der Waals surface area contributed by atoms with Gasteiger partial charge in [-0.05, 0) is 30.0 Å². The van der Waals surface area contributed by atoms with Crippen LogP contribution in [0, 0.1) is 18.3 Å². The first-order chi connectivity index (χ1) is 10.3. The maximum Gasteiger partial charge on any atom is 0.231 e. The lowest BCUT2D eigenvalue weighted by molar-refractivity contribution is 0.174. The van der Waals surface area contributed by atoms with E-state index in [1.807, 2.05) is 35.9 Å². The highest BCUT2D eigenvalue weighted by atomic mass is 32.1. The Bertz CT molecular complexity index is 895. The van der Waals surface area contributed by atoms with Gasteiger partial charge in [-0.15, -0.1) is 0 Å². The van der Waals surface area contributed by atoms with Crippen molar-refractivity contribution in [1.29, 1.82) is 5.26 Å². The summed E-state index contributed by atoms with van der Waals surface area (Å²) in [4.78, 5) is 4.68. The van der Waals surface area contributed by atoms with E-state index in [4.69, 9.17) is 9.47 Å². The molecular weight excluding hydrogens is 284 g/mol. The average Bonchev–Trinajstić information content (AvgIpc) is 3.16. The van der Waals surface area contributed by atoms with Gasteiger partial charge in [0.1, 0.15) is 6.07 Å². The molecule has 0 radical (unpaired) electrons. The first kappa shape index (κ1) is 12.2. The maximum atomic E-state index is 9.51. The Morgan fingerprint density at radius 1 is 1.29 bits per heavy atom. The molecule has 0 atom stereocenters. The predicted molar refractivity (Wildman–Crippen MR) is 80.6 cm³/mol. The summed E-state index contributed by atoms with van der Waals surface area (Å²) in [5.74, 6) is 1.41. The third kappa shape index (κ3) is 1.77. The summed E-state index contributed by atoms with van der Waals surface area (Å²) in [7, 11) is 0. The lowest BCUT2D eigenvalue weighted by Crippen LogP contribution is -1.95. The summed E-state index contributed by atoms with van der Waals surface area (Å²) in [6.07, 6.45) is 0. The van der Waals surface area contributed by atoms with Gasteiger partial charge in [-0.2, -0.15) is 16.6 Å². The number of rotatable bonds is 1. The third-order valence-electron chi connectivity index (χ3n) is 3.65. The van der Waals surface area contributed by atoms with Crippen molar-refractivity contribution in [3.05, 3.63) is 40.1 Å². The van der Waals surface area contributed by atoms with Gasteiger partial charge < -0.3 is 9.47 Å². The molecule has 0 bridgehead atoms. The van der Waals surface area contributed by atoms with Gasteiger partial charge in [0.05, 0.1) is 16.8 Å². The molecule has 1 aromatic carbocycles. The molecule has 21 heavy (non-hydrogen) atoms. The lowest BCUT2D eigenvalue weighted by Gasteiger charge is -2.09. The van der Waals surface area contributed by atoms with E-state index in [9.17, 15) is 5.26 Å². The molecule has 0 aliphatic carbocycles. The van der Waals surface area contributed by atoms with Crippen molar-refractivity contribution in [2.24, 2.45) is 0 Å². The van der Waals surface area contributed by atoms with Crippen molar-refractivity contribution in [1.82, 2.24) is 4.98 Å². The second-order valence-electron chi connectivity index (χ2n) is 4.81. The zero-order valence-electron chi connectivity index (χ0n) is 11.2. The highest BCUT2D eigenvalue weighted by Crippen LogP contribution is 2.39. The molecule has 5 heteroatoms. The summed E-state index contributed by atoms with van der Waals surface area (Å²) in [5.41, 5.74) is 4.04. The number of hydrogen-bond acceptors (Lipinski definition) is 5. The SMILES string of the molecule is Cc1c(C#N)c(-c2ccsc2)nc2cc3c(cc12)OCO3. The van der Waals surface area contributed by atoms with Crippen LogP contribution in [-0.2, 0) is 0 Å². The molecule has 1 aliphatic rings. The van der Waals surface area contributed by atoms with E-state index in [2.05, 4.69) is 11.1 Å². The first-order valence-electron chi connectivity index (χ1n) is 6.44. The molecular formula is C16H10N2O2S. The van der Waals surface area contributed by atoms with Crippen molar-refractivity contribution in [2.45, 2.75) is 6.92 Å². The lowest BCUT2D eigenvalue weighted by atomic mass is 9.99. The van der Waals surface area contributed by atoms with Gasteiger partial charge in [-0.3, -0.25) is 0 Å². The van der Waals surface area contributed by atoms with Crippen LogP contribution in [0.25, 0.3) is 22.2 Å². The fourth-order valence-corrected chi connectivity index (χ4v) is 3.20. The summed E-state index contributed by atoms with van der Waals surface area (Å²) in [6.45, 7) is 2.17. The Balaban J connectivity index is 2.08. The molecule has 0 saturated carbocycles. The molecule has 4 nitrogen and oxygen atoms in total. The maximum absolute atomic E-state index is 9.51. The van der Waals surface area contributed by atoms with Gasteiger partial charge in [-0.25, -0.2) is 4.98 Å². The number of fused-ring (bicyclic) bond motifs is 2. The minimum atomic E-state index is 0.229. The Labute approximate surface area is 125 Å². The normalized spacial score (nSPS) is 12.6. The van der Waals surface area contributed by atoms with Crippen LogP contribution in [-0.4, -0.2) is 11.8 Å². The molecule has 0 unspecified atom stereocenters. The Morgan fingerprint density at radius 2 is 2.10 bits per heavy atom. The highest BCUT2D eigenvalue weighted by Gasteiger charge is 2.19. The van der Waals surface area contributed by atoms with Gasteiger partial charge in [0.15, 0.2) is 11.5 Å². The number of thiophene rings is 1. The number of hydrogen-bond donors (Lipinski definition) is 0. The number of ether oxygens (including phenoxy) is 2. The van der Waals surface area contributed by atoms with E-state index in [-0.39, 0.29) is 6.79 Å². The Hall–Kier alpha value is -2.58. The smallest absolute Gasteiger partial charge is 0.231 e. The molecule has 0 spiro atoms. The van der Waals surface area contributed by atoms with E-state index in [1.165, 1.54) is 0 Å². The topological polar surface area (TPSA) is 55.1 Å². The van der Waals surface area contributed by atoms with Gasteiger partial charge >= 0.3 is 0 Å². The first-order valence-corrected chi connectivity index (χ1v) is 7.39. The number of nitrogens with zero attached hydrogens (tertiary/aromatic N) is 2. The van der Waals surface area contributed by atoms with Crippen LogP contribution in [0.15, 0.2) is 29.0 Å². The molecule has 0 N–H and O–H groups in total. The van der Waals surface area contributed by atoms with Crippen LogP contribution in [0.4, 0.5) is 0 Å². The van der Waals surface area contributed by atoms with Crippen molar-refractivity contribution >= 4 is 22.2 Å². The van der Waals surface area contributed by atoms with E-state index in [0.717, 1.165) is 27.7 Å². The Morgan fingerprint density at radius 3 is 2.81 bits per heavy atom. The quantitative estimate of drug-likeness (QED) is 0.683. The number of aryl methyl sites for hydroxylation is 1. The van der Waals surface area contributed by atoms with E-state index in [0.29, 0.717) is 17.1 Å². The summed E-state index contributed by atoms with van der Waals surface area (Å²) < 4.78 is 10.8. The Kier molecular flexibility index (Phi) is 2.59. The van der Waals surface area contributed by atoms with Crippen LogP contribution in [0.3, 0.4) is 0 Å².